The number of likely N-dealkylation sites (N-methyl/N-ethyl adjacent to an activating group) is 1. The van der Waals surface area contributed by atoms with Gasteiger partial charge >= 0.3 is 0 Å². The molecule has 0 radical (unpaired) electrons. The number of amides is 1. The number of carbonyl (C=O) groups excluding carboxylic acids is 6. The molecule has 2 aliphatic carbocycles. The molecule has 2 N–H and O–H groups in total. The highest BCUT2D eigenvalue weighted by atomic mass is 16.5. The summed E-state index contributed by atoms with van der Waals surface area (Å²) in [7, 11) is 4.14. The predicted octanol–water partition coefficient (Wildman–Crippen LogP) is -1.18. The summed E-state index contributed by atoms with van der Waals surface area (Å²) in [5.74, 6) is -4.30. The van der Waals surface area contributed by atoms with Gasteiger partial charge in [0.05, 0.1) is 38.4 Å². The highest BCUT2D eigenvalue weighted by Gasteiger charge is 2.62. The Bertz CT molecular complexity index is 1560. The van der Waals surface area contributed by atoms with E-state index in [-0.39, 0.29) is 57.9 Å². The van der Waals surface area contributed by atoms with Crippen molar-refractivity contribution in [3.8, 4) is 6.07 Å². The Kier molecular flexibility index (Phi) is 7.13. The molecule has 220 valence electrons. The first kappa shape index (κ1) is 29.2. The summed E-state index contributed by atoms with van der Waals surface area (Å²) in [5, 5.41) is 24.6. The normalized spacial score (nSPS) is 31.5. The van der Waals surface area contributed by atoms with Crippen molar-refractivity contribution in [1.82, 2.24) is 15.1 Å². The van der Waals surface area contributed by atoms with E-state index in [2.05, 4.69) is 11.4 Å². The third kappa shape index (κ3) is 3.79. The van der Waals surface area contributed by atoms with Crippen LogP contribution in [0.3, 0.4) is 0 Å². The molecule has 1 amide bonds. The molecule has 0 unspecified atom stereocenters. The second kappa shape index (κ2) is 10.2. The first-order chi connectivity index (χ1) is 19.8. The molecule has 1 fully saturated rings. The molecule has 3 aliphatic heterocycles. The van der Waals surface area contributed by atoms with Gasteiger partial charge in [-0.15, -0.1) is 0 Å². The number of aliphatic hydroxyl groups excluding tert-OH is 1. The van der Waals surface area contributed by atoms with Crippen LogP contribution in [0.4, 0.5) is 0 Å². The summed E-state index contributed by atoms with van der Waals surface area (Å²) >= 11 is 0. The van der Waals surface area contributed by atoms with Gasteiger partial charge in [0.15, 0.2) is 23.1 Å². The lowest BCUT2D eigenvalue weighted by Crippen LogP contribution is -2.77. The molecule has 42 heavy (non-hydrogen) atoms. The Labute approximate surface area is 241 Å². The molecule has 1 saturated heterocycles. The molecular weight excluding hydrogens is 548 g/mol. The van der Waals surface area contributed by atoms with E-state index in [4.69, 9.17) is 9.47 Å². The minimum Gasteiger partial charge on any atom is -0.492 e. The maximum Gasteiger partial charge on any atom is 0.287 e. The first-order valence-electron chi connectivity index (χ1n) is 13.3. The number of ketones is 5. The van der Waals surface area contributed by atoms with Gasteiger partial charge in [-0.05, 0) is 27.3 Å². The SMILES string of the molecule is COC1=C(C)C(=O)C2=C(C1=O)[C@@H]1[C@@H]3CC4=C(C(=O)C(OC)=C(C)C4=O)[C@H](CNC(=O)C(C)=O)N3[C@@H](C#N)[C@H]([C@H]2O)N1C. The van der Waals surface area contributed by atoms with Gasteiger partial charge in [0.25, 0.3) is 5.91 Å². The fraction of sp³-hybridized carbons (Fsp3) is 0.483. The zero-order chi connectivity index (χ0) is 30.9. The maximum absolute atomic E-state index is 13.8. The fourth-order valence-corrected chi connectivity index (χ4v) is 7.21. The second-order valence-electron chi connectivity index (χ2n) is 11.0. The zero-order valence-electron chi connectivity index (χ0n) is 23.9. The van der Waals surface area contributed by atoms with E-state index in [1.165, 1.54) is 28.1 Å². The van der Waals surface area contributed by atoms with Crippen LogP contribution in [0, 0.1) is 11.3 Å². The van der Waals surface area contributed by atoms with E-state index in [9.17, 15) is 39.1 Å². The largest absolute Gasteiger partial charge is 0.492 e. The van der Waals surface area contributed by atoms with Crippen LogP contribution in [0.25, 0.3) is 0 Å². The number of hydrogen-bond acceptors (Lipinski definition) is 12. The lowest BCUT2D eigenvalue weighted by Gasteiger charge is -2.61. The number of aliphatic hydroxyl groups is 1. The lowest BCUT2D eigenvalue weighted by molar-refractivity contribution is -0.137. The molecule has 2 bridgehead atoms. The Morgan fingerprint density at radius 1 is 0.976 bits per heavy atom. The molecule has 0 spiro atoms. The Morgan fingerprint density at radius 3 is 2.10 bits per heavy atom. The molecule has 0 aromatic rings. The number of fused-ring (bicyclic) bond motifs is 5. The van der Waals surface area contributed by atoms with Gasteiger partial charge < -0.3 is 19.9 Å². The Hall–Kier alpha value is -4.25. The van der Waals surface area contributed by atoms with Crippen LogP contribution in [-0.2, 0) is 38.2 Å². The van der Waals surface area contributed by atoms with E-state index in [0.717, 1.165) is 6.92 Å². The van der Waals surface area contributed by atoms with Crippen LogP contribution in [0.1, 0.15) is 27.2 Å². The van der Waals surface area contributed by atoms with E-state index >= 15 is 0 Å². The van der Waals surface area contributed by atoms with Crippen molar-refractivity contribution in [2.24, 2.45) is 0 Å². The van der Waals surface area contributed by atoms with E-state index in [1.807, 2.05) is 0 Å². The Morgan fingerprint density at radius 2 is 1.55 bits per heavy atom. The van der Waals surface area contributed by atoms with E-state index in [1.54, 1.807) is 16.8 Å². The molecule has 5 aliphatic rings. The van der Waals surface area contributed by atoms with Gasteiger partial charge in [-0.1, -0.05) is 0 Å². The highest BCUT2D eigenvalue weighted by molar-refractivity contribution is 6.35. The quantitative estimate of drug-likeness (QED) is 0.295. The molecule has 13 nitrogen and oxygen atoms in total. The molecule has 13 heteroatoms. The summed E-state index contributed by atoms with van der Waals surface area (Å²) in [6.07, 6.45) is -1.63. The molecule has 3 heterocycles. The summed E-state index contributed by atoms with van der Waals surface area (Å²) in [6, 6.07) is -2.82. The van der Waals surface area contributed by atoms with Crippen LogP contribution in [0.15, 0.2) is 45.0 Å². The van der Waals surface area contributed by atoms with Crippen LogP contribution in [0.5, 0.6) is 0 Å². The molecule has 6 atom stereocenters. The standard InChI is InChI=1S/C29H30N4O9/c1-10-22(35)13-7-14-20-18-19(23(36)11(2)28(42-6)26(18)39)24(37)21(32(20)4)15(8-30)33(14)16(9-31-29(40)12(3)34)17(13)25(38)27(10)41-5/h14-16,20-21,24,37H,7,9H2,1-6H3,(H,31,40)/t14-,15-,16-,20-,21+,24-/m0/s1. The molecule has 0 aromatic carbocycles. The van der Waals surface area contributed by atoms with Crippen molar-refractivity contribution in [3.63, 3.8) is 0 Å². The number of nitriles is 1. The minimum absolute atomic E-state index is 0.00455. The minimum atomic E-state index is -1.56. The van der Waals surface area contributed by atoms with Gasteiger partial charge in [0.1, 0.15) is 12.1 Å². The molecule has 0 aromatic heterocycles. The van der Waals surface area contributed by atoms with Gasteiger partial charge in [0, 0.05) is 52.9 Å². The number of methoxy groups -OCH3 is 2. The van der Waals surface area contributed by atoms with Crippen molar-refractivity contribution in [3.05, 3.63) is 45.0 Å². The highest BCUT2D eigenvalue weighted by Crippen LogP contribution is 2.49. The number of nitrogens with zero attached hydrogens (tertiary/aromatic N) is 3. The van der Waals surface area contributed by atoms with Crippen molar-refractivity contribution in [2.45, 2.75) is 63.5 Å². The summed E-state index contributed by atoms with van der Waals surface area (Å²) in [4.78, 5) is 82.1. The molecular formula is C29H30N4O9. The van der Waals surface area contributed by atoms with Crippen molar-refractivity contribution < 1.29 is 43.3 Å². The summed E-state index contributed by atoms with van der Waals surface area (Å²) in [6.45, 7) is 3.63. The van der Waals surface area contributed by atoms with Crippen molar-refractivity contribution >= 4 is 34.8 Å². The number of hydrogen-bond donors (Lipinski definition) is 2. The topological polar surface area (TPSA) is 183 Å². The van der Waals surface area contributed by atoms with Gasteiger partial charge in [0.2, 0.25) is 17.3 Å². The Balaban J connectivity index is 1.74. The summed E-state index contributed by atoms with van der Waals surface area (Å²) in [5.41, 5.74) is 0.141. The number of piperazine rings is 1. The first-order valence-corrected chi connectivity index (χ1v) is 13.3. The predicted molar refractivity (Wildman–Crippen MR) is 142 cm³/mol. The number of carbonyl (C=O) groups is 6. The van der Waals surface area contributed by atoms with Gasteiger partial charge in [-0.3, -0.25) is 38.6 Å². The average Bonchev–Trinajstić information content (AvgIpc) is 2.95. The van der Waals surface area contributed by atoms with E-state index in [0.29, 0.717) is 0 Å². The van der Waals surface area contributed by atoms with Crippen LogP contribution in [-0.4, -0.2) is 114 Å². The summed E-state index contributed by atoms with van der Waals surface area (Å²) < 4.78 is 10.6. The zero-order valence-corrected chi connectivity index (χ0v) is 23.9. The van der Waals surface area contributed by atoms with Crippen molar-refractivity contribution in [2.75, 3.05) is 27.8 Å². The van der Waals surface area contributed by atoms with E-state index < -0.39 is 71.1 Å². The molecule has 0 saturated carbocycles. The number of Topliss-reactive ketones (excluding diaryl/α,β-unsaturated/α-hetero) is 5. The molecule has 5 rings (SSSR count). The average molecular weight is 579 g/mol. The van der Waals surface area contributed by atoms with Gasteiger partial charge in [-0.25, -0.2) is 0 Å². The maximum atomic E-state index is 13.8. The fourth-order valence-electron chi connectivity index (χ4n) is 7.21. The number of ether oxygens (including phenoxy) is 2. The van der Waals surface area contributed by atoms with Crippen molar-refractivity contribution in [1.29, 1.82) is 5.26 Å². The lowest BCUT2D eigenvalue weighted by atomic mass is 9.66. The smallest absolute Gasteiger partial charge is 0.287 e. The number of allylic oxidation sites excluding steroid dienone is 4. The third-order valence-corrected chi connectivity index (χ3v) is 9.04. The monoisotopic (exact) mass is 578 g/mol. The third-order valence-electron chi connectivity index (χ3n) is 9.04. The van der Waals surface area contributed by atoms with Gasteiger partial charge in [-0.2, -0.15) is 5.26 Å². The van der Waals surface area contributed by atoms with Crippen LogP contribution >= 0.6 is 0 Å². The van der Waals surface area contributed by atoms with Crippen LogP contribution in [0.2, 0.25) is 0 Å². The second-order valence-corrected chi connectivity index (χ2v) is 11.0. The number of nitrogens with one attached hydrogen (secondary N) is 1. The van der Waals surface area contributed by atoms with Crippen LogP contribution < -0.4 is 5.32 Å². The number of rotatable bonds is 5.